The summed E-state index contributed by atoms with van der Waals surface area (Å²) in [6, 6.07) is 4.18. The largest absolute Gasteiger partial charge is 0.467 e. The number of morpholine rings is 1. The summed E-state index contributed by atoms with van der Waals surface area (Å²) in [7, 11) is 1.76. The van der Waals surface area contributed by atoms with Crippen LogP contribution in [0.2, 0.25) is 0 Å². The first kappa shape index (κ1) is 21.0. The van der Waals surface area contributed by atoms with E-state index in [4.69, 9.17) is 9.15 Å². The lowest BCUT2D eigenvalue weighted by Gasteiger charge is -2.32. The molecule has 2 N–H and O–H groups in total. The Kier molecular flexibility index (Phi) is 8.66. The van der Waals surface area contributed by atoms with Gasteiger partial charge in [0.05, 0.1) is 32.6 Å². The van der Waals surface area contributed by atoms with Gasteiger partial charge in [-0.2, -0.15) is 0 Å². The third-order valence-corrected chi connectivity index (χ3v) is 4.68. The van der Waals surface area contributed by atoms with Gasteiger partial charge >= 0.3 is 0 Å². The van der Waals surface area contributed by atoms with Gasteiger partial charge < -0.3 is 24.7 Å². The Morgan fingerprint density at radius 1 is 1.31 bits per heavy atom. The second kappa shape index (κ2) is 10.7. The van der Waals surface area contributed by atoms with Crippen LogP contribution in [-0.4, -0.2) is 80.7 Å². The van der Waals surface area contributed by atoms with Gasteiger partial charge in [0.2, 0.25) is 5.91 Å². The number of likely N-dealkylation sites (tertiary alicyclic amines) is 1. The summed E-state index contributed by atoms with van der Waals surface area (Å²) in [5.41, 5.74) is 0. The zero-order valence-corrected chi connectivity index (χ0v) is 17.5. The normalized spacial score (nSPS) is 21.3. The number of carbonyl (C=O) groups is 1. The highest BCUT2D eigenvalue weighted by molar-refractivity contribution is 14.0. The van der Waals surface area contributed by atoms with E-state index in [9.17, 15) is 4.79 Å². The first-order valence-corrected chi connectivity index (χ1v) is 8.82. The predicted octanol–water partition coefficient (Wildman–Crippen LogP) is 0.496. The van der Waals surface area contributed by atoms with Crippen molar-refractivity contribution in [2.75, 3.05) is 53.0 Å². The second-order valence-electron chi connectivity index (χ2n) is 6.29. The Morgan fingerprint density at radius 3 is 2.81 bits per heavy atom. The van der Waals surface area contributed by atoms with Gasteiger partial charge in [-0.05, 0) is 18.6 Å². The van der Waals surface area contributed by atoms with E-state index in [1.165, 1.54) is 0 Å². The van der Waals surface area contributed by atoms with Gasteiger partial charge in [0, 0.05) is 39.3 Å². The Bertz CT molecular complexity index is 575. The molecule has 0 bridgehead atoms. The van der Waals surface area contributed by atoms with E-state index in [2.05, 4.69) is 25.4 Å². The highest BCUT2D eigenvalue weighted by Gasteiger charge is 2.30. The molecule has 8 nitrogen and oxygen atoms in total. The molecular formula is C17H28IN5O3. The van der Waals surface area contributed by atoms with Crippen molar-refractivity contribution in [3.63, 3.8) is 0 Å². The average molecular weight is 477 g/mol. The number of furan rings is 1. The van der Waals surface area contributed by atoms with Crippen LogP contribution in [0, 0.1) is 0 Å². The van der Waals surface area contributed by atoms with Gasteiger partial charge in [0.25, 0.3) is 0 Å². The van der Waals surface area contributed by atoms with Crippen LogP contribution in [0.15, 0.2) is 27.8 Å². The van der Waals surface area contributed by atoms with E-state index < -0.39 is 0 Å². The Labute approximate surface area is 171 Å². The molecule has 2 aliphatic heterocycles. The zero-order chi connectivity index (χ0) is 17.5. The number of nitrogens with one attached hydrogen (secondary N) is 2. The minimum atomic E-state index is -0.0820. The molecule has 0 saturated carbocycles. The van der Waals surface area contributed by atoms with Crippen molar-refractivity contribution in [2.45, 2.75) is 19.0 Å². The number of guanidine groups is 1. The first-order chi connectivity index (χ1) is 12.3. The highest BCUT2D eigenvalue weighted by atomic mass is 127. The standard InChI is InChI=1S/C17H27N5O3.HI/c1-18-17(20-12-16(23)19-11-15-3-2-8-25-15)22-5-4-14(13-22)21-6-9-24-10-7-21;/h2-3,8,14H,4-7,9-13H2,1H3,(H,18,20)(H,19,23);1H. The van der Waals surface area contributed by atoms with Crippen molar-refractivity contribution >= 4 is 35.8 Å². The van der Waals surface area contributed by atoms with E-state index in [0.29, 0.717) is 12.6 Å². The highest BCUT2D eigenvalue weighted by Crippen LogP contribution is 2.16. The number of amides is 1. The number of aliphatic imine (C=N–C) groups is 1. The Morgan fingerprint density at radius 2 is 2.12 bits per heavy atom. The van der Waals surface area contributed by atoms with Gasteiger partial charge in [-0.1, -0.05) is 0 Å². The van der Waals surface area contributed by atoms with Gasteiger partial charge in [0.1, 0.15) is 5.76 Å². The van der Waals surface area contributed by atoms with Gasteiger partial charge in [0.15, 0.2) is 5.96 Å². The fraction of sp³-hybridized carbons (Fsp3) is 0.647. The lowest BCUT2D eigenvalue weighted by molar-refractivity contribution is -0.120. The molecule has 0 aromatic carbocycles. The molecule has 1 atom stereocenters. The van der Waals surface area contributed by atoms with E-state index in [0.717, 1.165) is 57.5 Å². The number of ether oxygens (including phenoxy) is 1. The summed E-state index contributed by atoms with van der Waals surface area (Å²) >= 11 is 0. The van der Waals surface area contributed by atoms with Crippen LogP contribution in [0.3, 0.4) is 0 Å². The maximum atomic E-state index is 12.0. The van der Waals surface area contributed by atoms with Crippen molar-refractivity contribution in [2.24, 2.45) is 4.99 Å². The fourth-order valence-corrected chi connectivity index (χ4v) is 3.33. The molecule has 0 spiro atoms. The lowest BCUT2D eigenvalue weighted by Crippen LogP contribution is -2.48. The SMILES string of the molecule is CN=C(NCC(=O)NCc1ccco1)N1CCC(N2CCOCC2)C1.I. The van der Waals surface area contributed by atoms with Gasteiger partial charge in [-0.25, -0.2) is 0 Å². The molecule has 3 rings (SSSR count). The monoisotopic (exact) mass is 477 g/mol. The van der Waals surface area contributed by atoms with Crippen molar-refractivity contribution in [3.8, 4) is 0 Å². The number of hydrogen-bond donors (Lipinski definition) is 2. The molecule has 2 fully saturated rings. The van der Waals surface area contributed by atoms with E-state index >= 15 is 0 Å². The molecular weight excluding hydrogens is 449 g/mol. The van der Waals surface area contributed by atoms with E-state index in [1.54, 1.807) is 19.4 Å². The van der Waals surface area contributed by atoms with Crippen molar-refractivity contribution in [1.82, 2.24) is 20.4 Å². The molecule has 1 unspecified atom stereocenters. The maximum Gasteiger partial charge on any atom is 0.239 e. The molecule has 2 saturated heterocycles. The van der Waals surface area contributed by atoms with Crippen LogP contribution in [0.4, 0.5) is 0 Å². The minimum Gasteiger partial charge on any atom is -0.467 e. The number of carbonyl (C=O) groups excluding carboxylic acids is 1. The van der Waals surface area contributed by atoms with Crippen LogP contribution in [0.5, 0.6) is 0 Å². The summed E-state index contributed by atoms with van der Waals surface area (Å²) in [6.07, 6.45) is 2.71. The summed E-state index contributed by atoms with van der Waals surface area (Å²) in [5.74, 6) is 1.44. The Balaban J connectivity index is 0.00000243. The molecule has 1 aromatic heterocycles. The zero-order valence-electron chi connectivity index (χ0n) is 15.1. The van der Waals surface area contributed by atoms with Crippen molar-refractivity contribution in [3.05, 3.63) is 24.2 Å². The van der Waals surface area contributed by atoms with E-state index in [-0.39, 0.29) is 36.4 Å². The second-order valence-corrected chi connectivity index (χ2v) is 6.29. The molecule has 0 aliphatic carbocycles. The smallest absolute Gasteiger partial charge is 0.239 e. The van der Waals surface area contributed by atoms with Gasteiger partial charge in [-0.15, -0.1) is 24.0 Å². The minimum absolute atomic E-state index is 0. The molecule has 146 valence electrons. The van der Waals surface area contributed by atoms with Crippen LogP contribution >= 0.6 is 24.0 Å². The molecule has 1 aromatic rings. The van der Waals surface area contributed by atoms with Crippen LogP contribution < -0.4 is 10.6 Å². The first-order valence-electron chi connectivity index (χ1n) is 8.82. The third kappa shape index (κ3) is 5.85. The molecule has 1 amide bonds. The number of hydrogen-bond acceptors (Lipinski definition) is 5. The van der Waals surface area contributed by atoms with Crippen molar-refractivity contribution < 1.29 is 13.9 Å². The summed E-state index contributed by atoms with van der Waals surface area (Å²) in [6.45, 7) is 6.13. The fourth-order valence-electron chi connectivity index (χ4n) is 3.33. The molecule has 3 heterocycles. The van der Waals surface area contributed by atoms with Gasteiger partial charge in [-0.3, -0.25) is 14.7 Å². The predicted molar refractivity (Wildman–Crippen MR) is 110 cm³/mol. The summed E-state index contributed by atoms with van der Waals surface area (Å²) in [4.78, 5) is 21.0. The summed E-state index contributed by atoms with van der Waals surface area (Å²) in [5, 5.41) is 5.98. The number of rotatable bonds is 5. The molecule has 0 radical (unpaired) electrons. The number of nitrogens with zero attached hydrogens (tertiary/aromatic N) is 3. The quantitative estimate of drug-likeness (QED) is 0.365. The molecule has 2 aliphatic rings. The van der Waals surface area contributed by atoms with Crippen LogP contribution in [0.25, 0.3) is 0 Å². The topological polar surface area (TPSA) is 82.3 Å². The summed E-state index contributed by atoms with van der Waals surface area (Å²) < 4.78 is 10.6. The molecule has 9 heteroatoms. The average Bonchev–Trinajstić information content (AvgIpc) is 3.33. The number of halogens is 1. The third-order valence-electron chi connectivity index (χ3n) is 4.68. The van der Waals surface area contributed by atoms with Crippen molar-refractivity contribution in [1.29, 1.82) is 0 Å². The molecule has 26 heavy (non-hydrogen) atoms. The lowest BCUT2D eigenvalue weighted by atomic mass is 10.2. The Hall–Kier alpha value is -1.33. The van der Waals surface area contributed by atoms with Crippen LogP contribution in [0.1, 0.15) is 12.2 Å². The van der Waals surface area contributed by atoms with Crippen LogP contribution in [-0.2, 0) is 16.1 Å². The maximum absolute atomic E-state index is 12.0. The van der Waals surface area contributed by atoms with E-state index in [1.807, 2.05) is 6.07 Å².